The van der Waals surface area contributed by atoms with Gasteiger partial charge >= 0.3 is 0 Å². The average molecular weight is 186 g/mol. The van der Waals surface area contributed by atoms with Gasteiger partial charge in [-0.2, -0.15) is 0 Å². The third-order valence-electron chi connectivity index (χ3n) is 2.00. The number of nitrogens with one attached hydrogen (secondary N) is 1. The Morgan fingerprint density at radius 3 is 2.54 bits per heavy atom. The van der Waals surface area contributed by atoms with E-state index in [9.17, 15) is 8.78 Å². The number of aryl methyl sites for hydroxylation is 1. The minimum atomic E-state index is -0.575. The van der Waals surface area contributed by atoms with E-state index >= 15 is 0 Å². The fourth-order valence-corrected chi connectivity index (χ4v) is 1.16. The molecule has 0 spiro atoms. The second-order valence-corrected chi connectivity index (χ2v) is 2.98. The number of hydrogen-bond donors (Lipinski definition) is 2. The number of rotatable bonds is 2. The Labute approximate surface area is 75.7 Å². The van der Waals surface area contributed by atoms with Crippen LogP contribution in [0.25, 0.3) is 0 Å². The summed E-state index contributed by atoms with van der Waals surface area (Å²) in [5.74, 6) is 4.00. The average Bonchev–Trinajstić information content (AvgIpc) is 2.12. The first kappa shape index (κ1) is 10.1. The topological polar surface area (TPSA) is 38.0 Å². The van der Waals surface area contributed by atoms with Gasteiger partial charge < -0.3 is 0 Å². The van der Waals surface area contributed by atoms with Crippen LogP contribution in [0.3, 0.4) is 0 Å². The van der Waals surface area contributed by atoms with Gasteiger partial charge in [-0.3, -0.25) is 11.3 Å². The van der Waals surface area contributed by atoms with Crippen LogP contribution in [-0.2, 0) is 0 Å². The Morgan fingerprint density at radius 1 is 1.38 bits per heavy atom. The summed E-state index contributed by atoms with van der Waals surface area (Å²) in [6.07, 6.45) is 0. The van der Waals surface area contributed by atoms with E-state index in [1.807, 2.05) is 0 Å². The van der Waals surface area contributed by atoms with Gasteiger partial charge in [-0.15, -0.1) is 0 Å². The second-order valence-electron chi connectivity index (χ2n) is 2.98. The maximum atomic E-state index is 13.4. The Kier molecular flexibility index (Phi) is 2.95. The zero-order valence-electron chi connectivity index (χ0n) is 7.57. The van der Waals surface area contributed by atoms with Crippen LogP contribution in [0.2, 0.25) is 0 Å². The molecule has 0 heterocycles. The molecular formula is C9H12F2N2. The molecule has 0 radical (unpaired) electrons. The van der Waals surface area contributed by atoms with Crippen LogP contribution < -0.4 is 11.3 Å². The smallest absolute Gasteiger partial charge is 0.133 e. The lowest BCUT2D eigenvalue weighted by atomic mass is 10.0. The zero-order chi connectivity index (χ0) is 10.0. The molecule has 0 aromatic heterocycles. The molecule has 0 fully saturated rings. The zero-order valence-corrected chi connectivity index (χ0v) is 7.57. The molecule has 0 aliphatic carbocycles. The predicted octanol–water partition coefficient (Wildman–Crippen LogP) is 1.80. The normalized spacial score (nSPS) is 13.0. The highest BCUT2D eigenvalue weighted by Gasteiger charge is 2.16. The van der Waals surface area contributed by atoms with Crippen molar-refractivity contribution in [3.8, 4) is 0 Å². The first-order valence-electron chi connectivity index (χ1n) is 3.98. The van der Waals surface area contributed by atoms with E-state index in [0.717, 1.165) is 0 Å². The summed E-state index contributed by atoms with van der Waals surface area (Å²) in [5.41, 5.74) is 2.71. The summed E-state index contributed by atoms with van der Waals surface area (Å²) in [6.45, 7) is 3.18. The summed E-state index contributed by atoms with van der Waals surface area (Å²) in [6, 6.07) is 2.11. The molecular weight excluding hydrogens is 174 g/mol. The van der Waals surface area contributed by atoms with Crippen molar-refractivity contribution in [1.29, 1.82) is 0 Å². The van der Waals surface area contributed by atoms with Gasteiger partial charge in [0.1, 0.15) is 11.6 Å². The van der Waals surface area contributed by atoms with Gasteiger partial charge in [0.25, 0.3) is 0 Å². The highest BCUT2D eigenvalue weighted by atomic mass is 19.1. The summed E-state index contributed by atoms with van der Waals surface area (Å²) in [5, 5.41) is 0. The van der Waals surface area contributed by atoms with Crippen LogP contribution in [0, 0.1) is 18.6 Å². The molecule has 2 nitrogen and oxygen atoms in total. The minimum absolute atomic E-state index is 0.0116. The number of nitrogens with two attached hydrogens (primary N) is 1. The molecule has 1 rings (SSSR count). The van der Waals surface area contributed by atoms with E-state index < -0.39 is 17.7 Å². The van der Waals surface area contributed by atoms with Gasteiger partial charge in [0.15, 0.2) is 0 Å². The monoisotopic (exact) mass is 186 g/mol. The molecule has 1 atom stereocenters. The summed E-state index contributed by atoms with van der Waals surface area (Å²) >= 11 is 0. The molecule has 1 aromatic carbocycles. The molecule has 0 amide bonds. The first-order valence-corrected chi connectivity index (χ1v) is 3.98. The van der Waals surface area contributed by atoms with E-state index in [1.165, 1.54) is 12.1 Å². The van der Waals surface area contributed by atoms with Gasteiger partial charge in [0, 0.05) is 11.6 Å². The molecule has 13 heavy (non-hydrogen) atoms. The molecule has 3 N–H and O–H groups in total. The van der Waals surface area contributed by atoms with Crippen molar-refractivity contribution in [2.45, 2.75) is 19.9 Å². The Morgan fingerprint density at radius 2 is 2.00 bits per heavy atom. The molecule has 0 aliphatic rings. The number of hydrogen-bond acceptors (Lipinski definition) is 2. The van der Waals surface area contributed by atoms with Crippen molar-refractivity contribution in [3.63, 3.8) is 0 Å². The number of hydrazine groups is 1. The lowest BCUT2D eigenvalue weighted by Gasteiger charge is -2.13. The molecule has 0 aliphatic heterocycles. The van der Waals surface area contributed by atoms with E-state index in [0.29, 0.717) is 5.56 Å². The molecule has 0 saturated carbocycles. The molecule has 0 unspecified atom stereocenters. The molecule has 0 bridgehead atoms. The van der Waals surface area contributed by atoms with Crippen LogP contribution in [0.1, 0.15) is 24.1 Å². The Hall–Kier alpha value is -1.00. The Bertz CT molecular complexity index is 313. The minimum Gasteiger partial charge on any atom is -0.271 e. The number of benzene rings is 1. The van der Waals surface area contributed by atoms with Crippen molar-refractivity contribution in [2.24, 2.45) is 5.84 Å². The lowest BCUT2D eigenvalue weighted by Crippen LogP contribution is -2.27. The first-order chi connectivity index (χ1) is 6.07. The van der Waals surface area contributed by atoms with Crippen LogP contribution in [0.5, 0.6) is 0 Å². The van der Waals surface area contributed by atoms with Crippen molar-refractivity contribution in [2.75, 3.05) is 0 Å². The summed E-state index contributed by atoms with van der Waals surface area (Å²) in [7, 11) is 0. The van der Waals surface area contributed by atoms with Crippen LogP contribution in [0.15, 0.2) is 12.1 Å². The van der Waals surface area contributed by atoms with Gasteiger partial charge in [-0.25, -0.2) is 8.78 Å². The van der Waals surface area contributed by atoms with Crippen LogP contribution in [-0.4, -0.2) is 0 Å². The van der Waals surface area contributed by atoms with E-state index in [-0.39, 0.29) is 5.56 Å². The summed E-state index contributed by atoms with van der Waals surface area (Å²) < 4.78 is 26.5. The van der Waals surface area contributed by atoms with Crippen LogP contribution >= 0.6 is 0 Å². The highest BCUT2D eigenvalue weighted by Crippen LogP contribution is 2.22. The lowest BCUT2D eigenvalue weighted by molar-refractivity contribution is 0.493. The van der Waals surface area contributed by atoms with E-state index in [4.69, 9.17) is 5.84 Å². The van der Waals surface area contributed by atoms with Crippen molar-refractivity contribution >= 4 is 0 Å². The summed E-state index contributed by atoms with van der Waals surface area (Å²) in [4.78, 5) is 0. The van der Waals surface area contributed by atoms with E-state index in [1.54, 1.807) is 13.8 Å². The van der Waals surface area contributed by atoms with Crippen molar-refractivity contribution in [1.82, 2.24) is 5.43 Å². The standard InChI is InChI=1S/C9H12F2N2/c1-5-3-4-7(10)8(9(5)11)6(2)13-12/h3-4,6,13H,12H2,1-2H3/t6-/m1/s1. The maximum Gasteiger partial charge on any atom is 0.133 e. The fraction of sp³-hybridized carbons (Fsp3) is 0.333. The SMILES string of the molecule is Cc1ccc(F)c([C@@H](C)NN)c1F. The van der Waals surface area contributed by atoms with Crippen molar-refractivity contribution in [3.05, 3.63) is 34.9 Å². The molecule has 1 aromatic rings. The third kappa shape index (κ3) is 1.84. The van der Waals surface area contributed by atoms with E-state index in [2.05, 4.69) is 5.43 Å². The van der Waals surface area contributed by atoms with Crippen LogP contribution in [0.4, 0.5) is 8.78 Å². The fourth-order valence-electron chi connectivity index (χ4n) is 1.16. The molecule has 72 valence electrons. The van der Waals surface area contributed by atoms with Gasteiger partial charge in [-0.1, -0.05) is 6.07 Å². The third-order valence-corrected chi connectivity index (χ3v) is 2.00. The van der Waals surface area contributed by atoms with Crippen molar-refractivity contribution < 1.29 is 8.78 Å². The molecule has 4 heteroatoms. The molecule has 0 saturated heterocycles. The number of halogens is 2. The van der Waals surface area contributed by atoms with Gasteiger partial charge in [0.05, 0.1) is 0 Å². The second kappa shape index (κ2) is 3.81. The van der Waals surface area contributed by atoms with Gasteiger partial charge in [-0.05, 0) is 25.5 Å². The largest absolute Gasteiger partial charge is 0.271 e. The Balaban J connectivity index is 3.25. The quantitative estimate of drug-likeness (QED) is 0.546. The highest BCUT2D eigenvalue weighted by molar-refractivity contribution is 5.28. The van der Waals surface area contributed by atoms with Gasteiger partial charge in [0.2, 0.25) is 0 Å². The predicted molar refractivity (Wildman–Crippen MR) is 46.8 cm³/mol. The maximum absolute atomic E-state index is 13.4.